The predicted molar refractivity (Wildman–Crippen MR) is 82.5 cm³/mol. The van der Waals surface area contributed by atoms with Crippen LogP contribution in [0.25, 0.3) is 0 Å². The third-order valence-electron chi connectivity index (χ3n) is 3.48. The lowest BCUT2D eigenvalue weighted by Crippen LogP contribution is -2.15. The minimum Gasteiger partial charge on any atom is -0.378 e. The van der Waals surface area contributed by atoms with E-state index in [1.165, 1.54) is 44.7 Å². The molecule has 0 amide bonds. The van der Waals surface area contributed by atoms with Crippen molar-refractivity contribution < 1.29 is 0 Å². The first-order chi connectivity index (χ1) is 8.72. The largest absolute Gasteiger partial charge is 0.378 e. The van der Waals surface area contributed by atoms with E-state index in [9.17, 15) is 0 Å². The van der Waals surface area contributed by atoms with Crippen LogP contribution < -0.4 is 5.32 Å². The van der Waals surface area contributed by atoms with Crippen molar-refractivity contribution in [1.82, 2.24) is 0 Å². The minimum atomic E-state index is 0.471. The smallest absolute Gasteiger partial charge is 0.0705 e. The highest BCUT2D eigenvalue weighted by Gasteiger charge is 2.22. The average Bonchev–Trinajstić information content (AvgIpc) is 2.73. The van der Waals surface area contributed by atoms with Gasteiger partial charge in [0.05, 0.1) is 9.83 Å². The van der Waals surface area contributed by atoms with Crippen molar-refractivity contribution in [3.05, 3.63) is 50.1 Å². The SMILES string of the molecule is Cc1ccc(NC2CCCc3sc(Br)cc32)cc1. The highest BCUT2D eigenvalue weighted by molar-refractivity contribution is 9.11. The zero-order chi connectivity index (χ0) is 12.5. The first kappa shape index (κ1) is 12.2. The molecule has 2 aromatic rings. The summed E-state index contributed by atoms with van der Waals surface area (Å²) in [5, 5.41) is 3.66. The van der Waals surface area contributed by atoms with Gasteiger partial charge < -0.3 is 5.32 Å². The Morgan fingerprint density at radius 3 is 2.83 bits per heavy atom. The molecular weight excluding hydrogens is 306 g/mol. The van der Waals surface area contributed by atoms with Crippen LogP contribution in [-0.4, -0.2) is 0 Å². The Balaban J connectivity index is 1.83. The molecule has 1 atom stereocenters. The zero-order valence-electron chi connectivity index (χ0n) is 10.4. The Morgan fingerprint density at radius 2 is 2.06 bits per heavy atom. The van der Waals surface area contributed by atoms with Gasteiger partial charge in [-0.1, -0.05) is 17.7 Å². The number of halogens is 1. The van der Waals surface area contributed by atoms with Crippen LogP contribution in [0.5, 0.6) is 0 Å². The van der Waals surface area contributed by atoms with Crippen molar-refractivity contribution in [1.29, 1.82) is 0 Å². The molecule has 1 N–H and O–H groups in total. The summed E-state index contributed by atoms with van der Waals surface area (Å²) in [4.78, 5) is 1.54. The van der Waals surface area contributed by atoms with Gasteiger partial charge in [-0.25, -0.2) is 0 Å². The van der Waals surface area contributed by atoms with Crippen LogP contribution in [0.15, 0.2) is 34.1 Å². The number of rotatable bonds is 2. The van der Waals surface area contributed by atoms with Gasteiger partial charge in [0.15, 0.2) is 0 Å². The summed E-state index contributed by atoms with van der Waals surface area (Å²) in [5.74, 6) is 0. The second kappa shape index (κ2) is 5.06. The number of anilines is 1. The molecule has 1 nitrogen and oxygen atoms in total. The molecule has 0 saturated carbocycles. The maximum absolute atomic E-state index is 3.66. The van der Waals surface area contributed by atoms with Crippen LogP contribution in [0.2, 0.25) is 0 Å². The molecule has 18 heavy (non-hydrogen) atoms. The van der Waals surface area contributed by atoms with Gasteiger partial charge in [-0.2, -0.15) is 0 Å². The van der Waals surface area contributed by atoms with E-state index in [2.05, 4.69) is 58.5 Å². The first-order valence-corrected chi connectivity index (χ1v) is 7.94. The van der Waals surface area contributed by atoms with Gasteiger partial charge in [0.1, 0.15) is 0 Å². The summed E-state index contributed by atoms with van der Waals surface area (Å²) in [6.07, 6.45) is 3.74. The number of benzene rings is 1. The van der Waals surface area contributed by atoms with Crippen LogP contribution in [0.4, 0.5) is 5.69 Å². The van der Waals surface area contributed by atoms with E-state index in [0.717, 1.165) is 0 Å². The van der Waals surface area contributed by atoms with Gasteiger partial charge >= 0.3 is 0 Å². The normalized spacial score (nSPS) is 18.4. The number of nitrogens with one attached hydrogen (secondary N) is 1. The third kappa shape index (κ3) is 2.47. The monoisotopic (exact) mass is 321 g/mol. The summed E-state index contributed by atoms with van der Waals surface area (Å²) >= 11 is 5.49. The van der Waals surface area contributed by atoms with Crippen molar-refractivity contribution in [3.63, 3.8) is 0 Å². The van der Waals surface area contributed by atoms with E-state index >= 15 is 0 Å². The molecule has 0 radical (unpaired) electrons. The summed E-state index contributed by atoms with van der Waals surface area (Å²) in [6, 6.07) is 11.4. The Kier molecular flexibility index (Phi) is 3.44. The average molecular weight is 322 g/mol. The van der Waals surface area contributed by atoms with E-state index in [0.29, 0.717) is 6.04 Å². The Hall–Kier alpha value is -0.800. The lowest BCUT2D eigenvalue weighted by Gasteiger charge is -2.24. The molecule has 0 fully saturated rings. The van der Waals surface area contributed by atoms with Crippen molar-refractivity contribution >= 4 is 33.0 Å². The van der Waals surface area contributed by atoms with Gasteiger partial charge in [0.25, 0.3) is 0 Å². The standard InChI is InChI=1S/C15H16BrNS/c1-10-5-7-11(8-6-10)17-13-3-2-4-14-12(13)9-15(16)18-14/h5-9,13,17H,2-4H2,1H3. The van der Waals surface area contributed by atoms with E-state index < -0.39 is 0 Å². The van der Waals surface area contributed by atoms with E-state index in [4.69, 9.17) is 0 Å². The summed E-state index contributed by atoms with van der Waals surface area (Å²) < 4.78 is 1.25. The number of fused-ring (bicyclic) bond motifs is 1. The summed E-state index contributed by atoms with van der Waals surface area (Å²) in [7, 11) is 0. The molecule has 0 bridgehead atoms. The topological polar surface area (TPSA) is 12.0 Å². The van der Waals surface area contributed by atoms with Gasteiger partial charge in [0.2, 0.25) is 0 Å². The molecule has 1 unspecified atom stereocenters. The summed E-state index contributed by atoms with van der Waals surface area (Å²) in [6.45, 7) is 2.12. The predicted octanol–water partition coefficient (Wildman–Crippen LogP) is 5.31. The maximum Gasteiger partial charge on any atom is 0.0705 e. The highest BCUT2D eigenvalue weighted by Crippen LogP contribution is 2.39. The van der Waals surface area contributed by atoms with Crippen LogP contribution in [0.3, 0.4) is 0 Å². The molecule has 0 saturated heterocycles. The number of thiophene rings is 1. The van der Waals surface area contributed by atoms with Crippen LogP contribution in [0.1, 0.15) is 34.9 Å². The number of hydrogen-bond donors (Lipinski definition) is 1. The fraction of sp³-hybridized carbons (Fsp3) is 0.333. The molecule has 1 aliphatic carbocycles. The molecule has 0 spiro atoms. The first-order valence-electron chi connectivity index (χ1n) is 6.34. The quantitative estimate of drug-likeness (QED) is 0.790. The zero-order valence-corrected chi connectivity index (χ0v) is 12.8. The van der Waals surface area contributed by atoms with Crippen molar-refractivity contribution in [3.8, 4) is 0 Å². The Morgan fingerprint density at radius 1 is 1.28 bits per heavy atom. The van der Waals surface area contributed by atoms with E-state index in [-0.39, 0.29) is 0 Å². The van der Waals surface area contributed by atoms with Gasteiger partial charge in [0, 0.05) is 10.6 Å². The molecule has 3 rings (SSSR count). The Bertz CT molecular complexity index is 544. The molecule has 1 heterocycles. The molecule has 0 aliphatic heterocycles. The second-order valence-corrected chi connectivity index (χ2v) is 7.40. The third-order valence-corrected chi connectivity index (χ3v) is 5.19. The number of hydrogen-bond acceptors (Lipinski definition) is 2. The minimum absolute atomic E-state index is 0.471. The lowest BCUT2D eigenvalue weighted by molar-refractivity contribution is 0.609. The van der Waals surface area contributed by atoms with Gasteiger partial charge in [-0.3, -0.25) is 0 Å². The fourth-order valence-electron chi connectivity index (χ4n) is 2.52. The van der Waals surface area contributed by atoms with E-state index in [1.54, 1.807) is 0 Å². The second-order valence-electron chi connectivity index (χ2n) is 4.88. The molecular formula is C15H16BrNS. The molecule has 3 heteroatoms. The molecule has 1 aliphatic rings. The lowest BCUT2D eigenvalue weighted by atomic mass is 9.94. The van der Waals surface area contributed by atoms with Gasteiger partial charge in [-0.15, -0.1) is 11.3 Å². The van der Waals surface area contributed by atoms with Crippen molar-refractivity contribution in [2.75, 3.05) is 5.32 Å². The van der Waals surface area contributed by atoms with Crippen LogP contribution in [0, 0.1) is 6.92 Å². The van der Waals surface area contributed by atoms with Crippen LogP contribution >= 0.6 is 27.3 Å². The molecule has 1 aromatic heterocycles. The maximum atomic E-state index is 3.66. The van der Waals surface area contributed by atoms with Crippen LogP contribution in [-0.2, 0) is 6.42 Å². The summed E-state index contributed by atoms with van der Waals surface area (Å²) in [5.41, 5.74) is 4.02. The molecule has 1 aromatic carbocycles. The number of aryl methyl sites for hydroxylation is 2. The van der Waals surface area contributed by atoms with Gasteiger partial charge in [-0.05, 0) is 65.9 Å². The molecule has 94 valence electrons. The highest BCUT2D eigenvalue weighted by atomic mass is 79.9. The Labute approximate surface area is 120 Å². The van der Waals surface area contributed by atoms with Crippen molar-refractivity contribution in [2.24, 2.45) is 0 Å². The van der Waals surface area contributed by atoms with E-state index in [1.807, 2.05) is 11.3 Å². The fourth-order valence-corrected chi connectivity index (χ4v) is 4.34. The van der Waals surface area contributed by atoms with Crippen molar-refractivity contribution in [2.45, 2.75) is 32.2 Å².